The van der Waals surface area contributed by atoms with Crippen molar-refractivity contribution in [1.29, 1.82) is 0 Å². The van der Waals surface area contributed by atoms with E-state index in [-0.39, 0.29) is 10.6 Å². The number of ether oxygens (including phenoxy) is 1. The van der Waals surface area contributed by atoms with Crippen LogP contribution >= 0.6 is 0 Å². The highest BCUT2D eigenvalue weighted by Gasteiger charge is 2.10. The fraction of sp³-hybridized carbons (Fsp3) is 0.538. The highest BCUT2D eigenvalue weighted by atomic mass is 16.6. The number of rotatable bonds is 7. The molecule has 5 heteroatoms. The molecule has 1 rings (SSSR count). The van der Waals surface area contributed by atoms with Crippen LogP contribution in [-0.4, -0.2) is 25.1 Å². The third-order valence-corrected chi connectivity index (χ3v) is 2.60. The van der Waals surface area contributed by atoms with Crippen LogP contribution in [0.15, 0.2) is 18.2 Å². The minimum absolute atomic E-state index is 0.106. The normalized spacial score (nSPS) is 10.7. The Bertz CT molecular complexity index is 405. The molecular formula is C13H20N2O3. The van der Waals surface area contributed by atoms with Crippen LogP contribution in [0.4, 0.5) is 5.69 Å². The summed E-state index contributed by atoms with van der Waals surface area (Å²) in [5, 5.41) is 14.0. The van der Waals surface area contributed by atoms with Crippen LogP contribution in [0, 0.1) is 16.0 Å². The lowest BCUT2D eigenvalue weighted by Crippen LogP contribution is -2.22. The Morgan fingerprint density at radius 3 is 2.72 bits per heavy atom. The Labute approximate surface area is 107 Å². The van der Waals surface area contributed by atoms with E-state index in [1.54, 1.807) is 19.2 Å². The van der Waals surface area contributed by atoms with Crippen LogP contribution in [0.1, 0.15) is 19.4 Å². The molecule has 0 aliphatic heterocycles. The van der Waals surface area contributed by atoms with E-state index in [1.807, 2.05) is 0 Å². The second-order valence-electron chi connectivity index (χ2n) is 4.60. The first-order valence-corrected chi connectivity index (χ1v) is 6.06. The number of methoxy groups -OCH3 is 1. The zero-order valence-corrected chi connectivity index (χ0v) is 11.1. The molecule has 1 aromatic rings. The maximum Gasteiger partial charge on any atom is 0.269 e. The third kappa shape index (κ3) is 4.33. The van der Waals surface area contributed by atoms with Crippen LogP contribution in [0.25, 0.3) is 0 Å². The fourth-order valence-electron chi connectivity index (χ4n) is 1.69. The van der Waals surface area contributed by atoms with E-state index in [2.05, 4.69) is 19.2 Å². The van der Waals surface area contributed by atoms with Gasteiger partial charge < -0.3 is 10.1 Å². The Kier molecular flexibility index (Phi) is 5.58. The molecule has 0 atom stereocenters. The van der Waals surface area contributed by atoms with Crippen molar-refractivity contribution in [3.8, 4) is 5.75 Å². The molecule has 0 bridgehead atoms. The van der Waals surface area contributed by atoms with Crippen LogP contribution in [0.2, 0.25) is 0 Å². The van der Waals surface area contributed by atoms with E-state index in [0.717, 1.165) is 25.1 Å². The minimum Gasteiger partial charge on any atom is -0.496 e. The van der Waals surface area contributed by atoms with Crippen molar-refractivity contribution in [2.24, 2.45) is 5.92 Å². The van der Waals surface area contributed by atoms with Crippen molar-refractivity contribution < 1.29 is 9.66 Å². The van der Waals surface area contributed by atoms with Crippen LogP contribution < -0.4 is 10.1 Å². The maximum atomic E-state index is 10.7. The van der Waals surface area contributed by atoms with Gasteiger partial charge in [0.15, 0.2) is 0 Å². The van der Waals surface area contributed by atoms with Crippen molar-refractivity contribution in [3.05, 3.63) is 33.9 Å². The summed E-state index contributed by atoms with van der Waals surface area (Å²) < 4.78 is 5.21. The lowest BCUT2D eigenvalue weighted by Gasteiger charge is -2.10. The van der Waals surface area contributed by atoms with E-state index >= 15 is 0 Å². The minimum atomic E-state index is -0.384. The molecule has 1 aromatic carbocycles. The Hall–Kier alpha value is -1.62. The van der Waals surface area contributed by atoms with Gasteiger partial charge in [-0.1, -0.05) is 13.8 Å². The smallest absolute Gasteiger partial charge is 0.269 e. The van der Waals surface area contributed by atoms with Crippen molar-refractivity contribution in [1.82, 2.24) is 5.32 Å². The van der Waals surface area contributed by atoms with Gasteiger partial charge in [-0.15, -0.1) is 0 Å². The van der Waals surface area contributed by atoms with E-state index in [4.69, 9.17) is 4.74 Å². The number of nitro benzene ring substituents is 1. The molecule has 18 heavy (non-hydrogen) atoms. The number of nitrogens with one attached hydrogen (secondary N) is 1. The topological polar surface area (TPSA) is 64.4 Å². The van der Waals surface area contributed by atoms with E-state index in [1.165, 1.54) is 6.07 Å². The zero-order valence-electron chi connectivity index (χ0n) is 11.1. The van der Waals surface area contributed by atoms with E-state index in [0.29, 0.717) is 11.7 Å². The molecule has 1 N–H and O–H groups in total. The molecule has 0 fully saturated rings. The average molecular weight is 252 g/mol. The standard InChI is InChI=1S/C13H20N2O3/c1-10(2)9-14-7-6-11-8-12(15(16)17)4-5-13(11)18-3/h4-5,8,10,14H,6-7,9H2,1-3H3. The number of hydrogen-bond donors (Lipinski definition) is 1. The van der Waals surface area contributed by atoms with Crippen molar-refractivity contribution in [3.63, 3.8) is 0 Å². The molecule has 0 unspecified atom stereocenters. The molecule has 0 aromatic heterocycles. The van der Waals surface area contributed by atoms with Gasteiger partial charge in [-0.3, -0.25) is 10.1 Å². The molecule has 0 heterocycles. The quantitative estimate of drug-likeness (QED) is 0.460. The van der Waals surface area contributed by atoms with Gasteiger partial charge in [0.25, 0.3) is 5.69 Å². The summed E-state index contributed by atoms with van der Waals surface area (Å²) in [6.07, 6.45) is 0.720. The molecule has 0 saturated carbocycles. The predicted molar refractivity (Wildman–Crippen MR) is 71.1 cm³/mol. The van der Waals surface area contributed by atoms with Gasteiger partial charge in [0.1, 0.15) is 5.75 Å². The molecule has 100 valence electrons. The summed E-state index contributed by atoms with van der Waals surface area (Å²) in [6, 6.07) is 4.69. The number of nitro groups is 1. The van der Waals surface area contributed by atoms with Crippen molar-refractivity contribution in [2.75, 3.05) is 20.2 Å². The van der Waals surface area contributed by atoms with Gasteiger partial charge in [0.05, 0.1) is 12.0 Å². The molecule has 0 saturated heterocycles. The molecule has 0 radical (unpaired) electrons. The lowest BCUT2D eigenvalue weighted by atomic mass is 10.1. The highest BCUT2D eigenvalue weighted by Crippen LogP contribution is 2.24. The first-order valence-electron chi connectivity index (χ1n) is 6.06. The largest absolute Gasteiger partial charge is 0.496 e. The molecule has 0 spiro atoms. The van der Waals surface area contributed by atoms with Gasteiger partial charge in [-0.25, -0.2) is 0 Å². The van der Waals surface area contributed by atoms with Crippen LogP contribution in [0.5, 0.6) is 5.75 Å². The Morgan fingerprint density at radius 1 is 1.44 bits per heavy atom. The van der Waals surface area contributed by atoms with Gasteiger partial charge in [0.2, 0.25) is 0 Å². The first kappa shape index (κ1) is 14.4. The van der Waals surface area contributed by atoms with Gasteiger partial charge in [-0.05, 0) is 31.5 Å². The van der Waals surface area contributed by atoms with Gasteiger partial charge in [0, 0.05) is 17.7 Å². The first-order chi connectivity index (χ1) is 8.54. The van der Waals surface area contributed by atoms with Crippen LogP contribution in [-0.2, 0) is 6.42 Å². The summed E-state index contributed by atoms with van der Waals surface area (Å²) in [5.74, 6) is 1.30. The lowest BCUT2D eigenvalue weighted by molar-refractivity contribution is -0.384. The van der Waals surface area contributed by atoms with Crippen LogP contribution in [0.3, 0.4) is 0 Å². The maximum absolute atomic E-state index is 10.7. The fourth-order valence-corrected chi connectivity index (χ4v) is 1.69. The summed E-state index contributed by atoms with van der Waals surface area (Å²) in [5.41, 5.74) is 0.970. The summed E-state index contributed by atoms with van der Waals surface area (Å²) in [4.78, 5) is 10.3. The molecule has 0 aliphatic rings. The number of benzene rings is 1. The van der Waals surface area contributed by atoms with Gasteiger partial charge in [-0.2, -0.15) is 0 Å². The monoisotopic (exact) mass is 252 g/mol. The van der Waals surface area contributed by atoms with E-state index < -0.39 is 0 Å². The SMILES string of the molecule is COc1ccc([N+](=O)[O-])cc1CCNCC(C)C. The number of nitrogens with zero attached hydrogens (tertiary/aromatic N) is 1. The molecule has 0 aliphatic carbocycles. The summed E-state index contributed by atoms with van der Waals surface area (Å²) in [6.45, 7) is 6.01. The average Bonchev–Trinajstić information content (AvgIpc) is 2.34. The molecule has 5 nitrogen and oxygen atoms in total. The molecular weight excluding hydrogens is 232 g/mol. The Balaban J connectivity index is 2.66. The number of non-ortho nitro benzene ring substituents is 1. The third-order valence-electron chi connectivity index (χ3n) is 2.60. The number of hydrogen-bond acceptors (Lipinski definition) is 4. The predicted octanol–water partition coefficient (Wildman–Crippen LogP) is 2.39. The molecule has 0 amide bonds. The second-order valence-corrected chi connectivity index (χ2v) is 4.60. The Morgan fingerprint density at radius 2 is 2.17 bits per heavy atom. The highest BCUT2D eigenvalue weighted by molar-refractivity contribution is 5.43. The van der Waals surface area contributed by atoms with Crippen molar-refractivity contribution >= 4 is 5.69 Å². The van der Waals surface area contributed by atoms with Gasteiger partial charge >= 0.3 is 0 Å². The van der Waals surface area contributed by atoms with E-state index in [9.17, 15) is 10.1 Å². The summed E-state index contributed by atoms with van der Waals surface area (Å²) in [7, 11) is 1.58. The zero-order chi connectivity index (χ0) is 13.5. The summed E-state index contributed by atoms with van der Waals surface area (Å²) >= 11 is 0. The van der Waals surface area contributed by atoms with Crippen molar-refractivity contribution in [2.45, 2.75) is 20.3 Å². The second kappa shape index (κ2) is 6.96.